The fourth-order valence-corrected chi connectivity index (χ4v) is 3.29. The zero-order valence-corrected chi connectivity index (χ0v) is 14.9. The average Bonchev–Trinajstić information content (AvgIpc) is 2.84. The second kappa shape index (κ2) is 6.87. The van der Waals surface area contributed by atoms with Gasteiger partial charge >= 0.3 is 0 Å². The molecule has 0 aliphatic carbocycles. The molecule has 0 saturated carbocycles. The summed E-state index contributed by atoms with van der Waals surface area (Å²) in [5.41, 5.74) is 2.25. The van der Waals surface area contributed by atoms with E-state index in [1.54, 1.807) is 30.0 Å². The van der Waals surface area contributed by atoms with E-state index in [0.717, 1.165) is 16.1 Å². The average molecular weight is 361 g/mol. The number of halogens is 1. The number of amides is 2. The summed E-state index contributed by atoms with van der Waals surface area (Å²) in [7, 11) is 0. The highest BCUT2D eigenvalue weighted by Gasteiger charge is 2.39. The van der Waals surface area contributed by atoms with E-state index in [-0.39, 0.29) is 18.2 Å². The van der Waals surface area contributed by atoms with Crippen molar-refractivity contribution in [1.82, 2.24) is 0 Å². The predicted molar refractivity (Wildman–Crippen MR) is 98.9 cm³/mol. The van der Waals surface area contributed by atoms with Crippen LogP contribution >= 0.6 is 23.4 Å². The maximum atomic E-state index is 12.7. The van der Waals surface area contributed by atoms with Crippen molar-refractivity contribution in [2.75, 3.05) is 16.5 Å². The van der Waals surface area contributed by atoms with Crippen LogP contribution in [0.15, 0.2) is 47.4 Å². The zero-order valence-electron chi connectivity index (χ0n) is 13.4. The molecule has 0 bridgehead atoms. The summed E-state index contributed by atoms with van der Waals surface area (Å²) in [6, 6.07) is 12.4. The SMILES string of the molecule is CSc1cccc(N[C@H]2CC(=O)N(c3ccc(C)c(Cl)c3)C2=O)c1. The van der Waals surface area contributed by atoms with E-state index in [2.05, 4.69) is 5.32 Å². The van der Waals surface area contributed by atoms with Crippen LogP contribution in [0, 0.1) is 6.92 Å². The van der Waals surface area contributed by atoms with E-state index in [0.29, 0.717) is 10.7 Å². The Bertz CT molecular complexity index is 809. The third kappa shape index (κ3) is 3.28. The summed E-state index contributed by atoms with van der Waals surface area (Å²) in [6.07, 6.45) is 2.13. The molecular formula is C18H17ClN2O2S. The molecule has 1 heterocycles. The van der Waals surface area contributed by atoms with Gasteiger partial charge in [-0.2, -0.15) is 0 Å². The van der Waals surface area contributed by atoms with E-state index in [1.807, 2.05) is 37.4 Å². The fraction of sp³-hybridized carbons (Fsp3) is 0.222. The molecule has 0 unspecified atom stereocenters. The first-order chi connectivity index (χ1) is 11.5. The molecule has 24 heavy (non-hydrogen) atoms. The van der Waals surface area contributed by atoms with Crippen molar-refractivity contribution in [3.8, 4) is 0 Å². The number of thioether (sulfide) groups is 1. The van der Waals surface area contributed by atoms with Crippen LogP contribution in [0.4, 0.5) is 11.4 Å². The van der Waals surface area contributed by atoms with Gasteiger partial charge in [-0.05, 0) is 49.1 Å². The number of nitrogens with zero attached hydrogens (tertiary/aromatic N) is 1. The number of hydrogen-bond donors (Lipinski definition) is 1. The van der Waals surface area contributed by atoms with Crippen molar-refractivity contribution in [2.45, 2.75) is 24.3 Å². The third-order valence-corrected chi connectivity index (χ3v) is 5.10. The Hall–Kier alpha value is -1.98. The lowest BCUT2D eigenvalue weighted by Crippen LogP contribution is -2.34. The van der Waals surface area contributed by atoms with Crippen LogP contribution in [-0.4, -0.2) is 24.1 Å². The van der Waals surface area contributed by atoms with Crippen LogP contribution < -0.4 is 10.2 Å². The minimum atomic E-state index is -0.560. The highest BCUT2D eigenvalue weighted by Crippen LogP contribution is 2.29. The molecule has 0 aromatic heterocycles. The van der Waals surface area contributed by atoms with Gasteiger partial charge in [0.25, 0.3) is 5.91 Å². The summed E-state index contributed by atoms with van der Waals surface area (Å²) < 4.78 is 0. The number of imide groups is 1. The number of carbonyl (C=O) groups is 2. The van der Waals surface area contributed by atoms with Crippen LogP contribution in [0.5, 0.6) is 0 Å². The molecule has 2 aromatic carbocycles. The molecule has 0 spiro atoms. The number of aryl methyl sites for hydroxylation is 1. The lowest BCUT2D eigenvalue weighted by atomic mass is 10.2. The van der Waals surface area contributed by atoms with Crippen LogP contribution in [0.1, 0.15) is 12.0 Å². The Morgan fingerprint density at radius 1 is 1.21 bits per heavy atom. The molecule has 1 N–H and O–H groups in total. The molecule has 1 saturated heterocycles. The minimum Gasteiger partial charge on any atom is -0.373 e. The number of anilines is 2. The van der Waals surface area contributed by atoms with Gasteiger partial charge in [0.1, 0.15) is 6.04 Å². The molecule has 6 heteroatoms. The molecule has 0 radical (unpaired) electrons. The van der Waals surface area contributed by atoms with Crippen LogP contribution in [0.3, 0.4) is 0 Å². The number of hydrogen-bond acceptors (Lipinski definition) is 4. The second-order valence-electron chi connectivity index (χ2n) is 5.63. The highest BCUT2D eigenvalue weighted by atomic mass is 35.5. The Balaban J connectivity index is 1.82. The van der Waals surface area contributed by atoms with Gasteiger partial charge in [0.05, 0.1) is 12.1 Å². The monoisotopic (exact) mass is 360 g/mol. The molecule has 1 atom stereocenters. The lowest BCUT2D eigenvalue weighted by Gasteiger charge is -2.17. The van der Waals surface area contributed by atoms with Gasteiger partial charge in [-0.3, -0.25) is 9.59 Å². The molecule has 4 nitrogen and oxygen atoms in total. The van der Waals surface area contributed by atoms with E-state index in [9.17, 15) is 9.59 Å². The van der Waals surface area contributed by atoms with Crippen molar-refractivity contribution in [3.63, 3.8) is 0 Å². The van der Waals surface area contributed by atoms with E-state index >= 15 is 0 Å². The first kappa shape index (κ1) is 16.9. The highest BCUT2D eigenvalue weighted by molar-refractivity contribution is 7.98. The molecule has 1 aliphatic rings. The van der Waals surface area contributed by atoms with Crippen LogP contribution in [-0.2, 0) is 9.59 Å². The third-order valence-electron chi connectivity index (χ3n) is 3.97. The van der Waals surface area contributed by atoms with Crippen molar-refractivity contribution >= 4 is 46.6 Å². The molecule has 124 valence electrons. The van der Waals surface area contributed by atoms with E-state index in [4.69, 9.17) is 11.6 Å². The Kier molecular flexibility index (Phi) is 4.83. The van der Waals surface area contributed by atoms with Gasteiger partial charge in [-0.25, -0.2) is 4.90 Å². The normalized spacial score (nSPS) is 17.5. The smallest absolute Gasteiger partial charge is 0.256 e. The van der Waals surface area contributed by atoms with Gasteiger partial charge < -0.3 is 5.32 Å². The standard InChI is InChI=1S/C18H17ClN2O2S/c1-11-6-7-13(9-15(11)19)21-17(22)10-16(18(21)23)20-12-4-3-5-14(8-12)24-2/h3-9,16,20H,10H2,1-2H3/t16-/m0/s1. The first-order valence-electron chi connectivity index (χ1n) is 7.53. The molecule has 2 amide bonds. The molecule has 2 aromatic rings. The van der Waals surface area contributed by atoms with Gasteiger partial charge in [-0.15, -0.1) is 11.8 Å². The number of rotatable bonds is 4. The Morgan fingerprint density at radius 3 is 2.71 bits per heavy atom. The number of carbonyl (C=O) groups excluding carboxylic acids is 2. The summed E-state index contributed by atoms with van der Waals surface area (Å²) in [5, 5.41) is 3.70. The lowest BCUT2D eigenvalue weighted by molar-refractivity contribution is -0.121. The van der Waals surface area contributed by atoms with Gasteiger partial charge in [0.2, 0.25) is 5.91 Å². The maximum absolute atomic E-state index is 12.7. The van der Waals surface area contributed by atoms with Crippen molar-refractivity contribution in [2.24, 2.45) is 0 Å². The maximum Gasteiger partial charge on any atom is 0.256 e. The Morgan fingerprint density at radius 2 is 2.00 bits per heavy atom. The number of nitrogens with one attached hydrogen (secondary N) is 1. The quantitative estimate of drug-likeness (QED) is 0.658. The zero-order chi connectivity index (χ0) is 17.3. The van der Waals surface area contributed by atoms with Crippen LogP contribution in [0.25, 0.3) is 0 Å². The van der Waals surface area contributed by atoms with Gasteiger partial charge in [0.15, 0.2) is 0 Å². The first-order valence-corrected chi connectivity index (χ1v) is 9.13. The van der Waals surface area contributed by atoms with E-state index in [1.165, 1.54) is 4.90 Å². The Labute approximate surface area is 150 Å². The molecular weight excluding hydrogens is 344 g/mol. The predicted octanol–water partition coefficient (Wildman–Crippen LogP) is 4.11. The second-order valence-corrected chi connectivity index (χ2v) is 6.92. The summed E-state index contributed by atoms with van der Waals surface area (Å²) in [4.78, 5) is 27.3. The summed E-state index contributed by atoms with van der Waals surface area (Å²) in [6.45, 7) is 1.88. The minimum absolute atomic E-state index is 0.133. The van der Waals surface area contributed by atoms with Crippen LogP contribution in [0.2, 0.25) is 5.02 Å². The fourth-order valence-electron chi connectivity index (χ4n) is 2.65. The van der Waals surface area contributed by atoms with Crippen molar-refractivity contribution in [1.29, 1.82) is 0 Å². The van der Waals surface area contributed by atoms with Crippen molar-refractivity contribution < 1.29 is 9.59 Å². The number of benzene rings is 2. The van der Waals surface area contributed by atoms with Gasteiger partial charge in [-0.1, -0.05) is 23.7 Å². The van der Waals surface area contributed by atoms with Gasteiger partial charge in [0, 0.05) is 15.6 Å². The molecule has 1 aliphatic heterocycles. The topological polar surface area (TPSA) is 49.4 Å². The largest absolute Gasteiger partial charge is 0.373 e. The van der Waals surface area contributed by atoms with E-state index < -0.39 is 6.04 Å². The van der Waals surface area contributed by atoms with Crippen molar-refractivity contribution in [3.05, 3.63) is 53.1 Å². The summed E-state index contributed by atoms with van der Waals surface area (Å²) in [5.74, 6) is -0.479. The molecule has 1 fully saturated rings. The summed E-state index contributed by atoms with van der Waals surface area (Å²) >= 11 is 7.75. The molecule has 3 rings (SSSR count).